The van der Waals surface area contributed by atoms with E-state index in [1.54, 1.807) is 5.56 Å². The minimum atomic E-state index is 0.509. The lowest BCUT2D eigenvalue weighted by molar-refractivity contribution is 0.0145. The van der Waals surface area contributed by atoms with Crippen LogP contribution in [-0.2, 0) is 11.2 Å². The van der Waals surface area contributed by atoms with Crippen LogP contribution >= 0.6 is 11.8 Å². The van der Waals surface area contributed by atoms with Crippen molar-refractivity contribution < 1.29 is 4.74 Å². The Morgan fingerprint density at radius 1 is 1.26 bits per heavy atom. The maximum atomic E-state index is 5.72. The molecular formula is C16H23NOS. The molecule has 2 aliphatic rings. The molecule has 0 spiro atoms. The molecule has 2 nitrogen and oxygen atoms in total. The highest BCUT2D eigenvalue weighted by atomic mass is 32.2. The van der Waals surface area contributed by atoms with Crippen molar-refractivity contribution in [2.45, 2.75) is 42.4 Å². The highest BCUT2D eigenvalue weighted by Crippen LogP contribution is 2.37. The summed E-state index contributed by atoms with van der Waals surface area (Å²) in [5, 5.41) is 0.751. The first kappa shape index (κ1) is 13.5. The molecule has 0 bridgehead atoms. The summed E-state index contributed by atoms with van der Waals surface area (Å²) < 4.78 is 5.72. The minimum absolute atomic E-state index is 0.509. The first-order valence-corrected chi connectivity index (χ1v) is 8.31. The second-order valence-electron chi connectivity index (χ2n) is 5.51. The van der Waals surface area contributed by atoms with Crippen LogP contribution in [-0.4, -0.2) is 42.5 Å². The molecule has 1 aromatic carbocycles. The van der Waals surface area contributed by atoms with Gasteiger partial charge >= 0.3 is 0 Å². The van der Waals surface area contributed by atoms with Crippen LogP contribution in [0.2, 0.25) is 0 Å². The third-order valence-corrected chi connectivity index (χ3v) is 5.41. The monoisotopic (exact) mass is 277 g/mol. The van der Waals surface area contributed by atoms with E-state index in [9.17, 15) is 0 Å². The molecule has 1 saturated heterocycles. The van der Waals surface area contributed by atoms with Crippen LogP contribution in [0.25, 0.3) is 0 Å². The topological polar surface area (TPSA) is 12.5 Å². The summed E-state index contributed by atoms with van der Waals surface area (Å²) in [6, 6.07) is 8.86. The number of hydrogen-bond donors (Lipinski definition) is 0. The Morgan fingerprint density at radius 3 is 2.79 bits per heavy atom. The Labute approximate surface area is 120 Å². The maximum Gasteiger partial charge on any atom is 0.0599 e. The first-order valence-electron chi connectivity index (χ1n) is 7.43. The third kappa shape index (κ3) is 3.33. The molecule has 2 aliphatic heterocycles. The van der Waals surface area contributed by atoms with E-state index < -0.39 is 0 Å². The van der Waals surface area contributed by atoms with E-state index in [4.69, 9.17) is 4.74 Å². The van der Waals surface area contributed by atoms with E-state index >= 15 is 0 Å². The van der Waals surface area contributed by atoms with Crippen molar-refractivity contribution in [2.24, 2.45) is 0 Å². The van der Waals surface area contributed by atoms with Crippen LogP contribution in [0.4, 0.5) is 0 Å². The predicted molar refractivity (Wildman–Crippen MR) is 80.9 cm³/mol. The number of nitrogens with zero attached hydrogens (tertiary/aromatic N) is 1. The molecule has 2 heterocycles. The van der Waals surface area contributed by atoms with Crippen molar-refractivity contribution in [3.63, 3.8) is 0 Å². The van der Waals surface area contributed by atoms with E-state index in [1.807, 2.05) is 0 Å². The van der Waals surface area contributed by atoms with Crippen molar-refractivity contribution >= 4 is 11.8 Å². The third-order valence-electron chi connectivity index (χ3n) is 4.11. The maximum absolute atomic E-state index is 5.72. The highest BCUT2D eigenvalue weighted by Gasteiger charge is 2.26. The van der Waals surface area contributed by atoms with Gasteiger partial charge in [0.05, 0.1) is 6.10 Å². The Kier molecular flexibility index (Phi) is 4.46. The number of benzene rings is 1. The standard InChI is InChI=1S/C16H23NOS/c1-2-18-14-7-9-17(10-8-14)12-15-11-13-5-3-4-6-16(13)19-15/h3-6,14-15H,2,7-12H2,1H3. The zero-order chi connectivity index (χ0) is 13.1. The summed E-state index contributed by atoms with van der Waals surface area (Å²) in [6.07, 6.45) is 4.16. The minimum Gasteiger partial charge on any atom is -0.378 e. The second-order valence-corrected chi connectivity index (χ2v) is 6.85. The average molecular weight is 277 g/mol. The van der Waals surface area contributed by atoms with Gasteiger partial charge < -0.3 is 9.64 Å². The lowest BCUT2D eigenvalue weighted by Crippen LogP contribution is -2.40. The van der Waals surface area contributed by atoms with Crippen LogP contribution in [0.1, 0.15) is 25.3 Å². The van der Waals surface area contributed by atoms with Gasteiger partial charge in [-0.15, -0.1) is 11.8 Å². The van der Waals surface area contributed by atoms with Crippen LogP contribution in [0.3, 0.4) is 0 Å². The van der Waals surface area contributed by atoms with Crippen molar-refractivity contribution in [1.82, 2.24) is 4.90 Å². The molecule has 19 heavy (non-hydrogen) atoms. The van der Waals surface area contributed by atoms with Crippen molar-refractivity contribution in [2.75, 3.05) is 26.2 Å². The molecule has 0 amide bonds. The van der Waals surface area contributed by atoms with Crippen molar-refractivity contribution in [1.29, 1.82) is 0 Å². The van der Waals surface area contributed by atoms with Gasteiger partial charge in [-0.2, -0.15) is 0 Å². The Hall–Kier alpha value is -0.510. The smallest absolute Gasteiger partial charge is 0.0599 e. The molecule has 1 atom stereocenters. The molecule has 0 aliphatic carbocycles. The predicted octanol–water partition coefficient (Wildman–Crippen LogP) is 3.20. The largest absolute Gasteiger partial charge is 0.378 e. The van der Waals surface area contributed by atoms with Gasteiger partial charge in [0, 0.05) is 36.4 Å². The highest BCUT2D eigenvalue weighted by molar-refractivity contribution is 8.00. The van der Waals surface area contributed by atoms with Crippen LogP contribution in [0.15, 0.2) is 29.2 Å². The Bertz CT molecular complexity index is 390. The number of ether oxygens (including phenoxy) is 1. The van der Waals surface area contributed by atoms with Gasteiger partial charge in [-0.1, -0.05) is 18.2 Å². The summed E-state index contributed by atoms with van der Waals surface area (Å²) in [4.78, 5) is 4.12. The molecule has 0 radical (unpaired) electrons. The van der Waals surface area contributed by atoms with Gasteiger partial charge in [0.15, 0.2) is 0 Å². The molecule has 0 saturated carbocycles. The number of rotatable bonds is 4. The lowest BCUT2D eigenvalue weighted by Gasteiger charge is -2.33. The zero-order valence-electron chi connectivity index (χ0n) is 11.7. The fourth-order valence-corrected chi connectivity index (χ4v) is 4.51. The number of piperidine rings is 1. The van der Waals surface area contributed by atoms with Crippen LogP contribution in [0, 0.1) is 0 Å². The lowest BCUT2D eigenvalue weighted by atomic mass is 10.1. The van der Waals surface area contributed by atoms with E-state index in [0.29, 0.717) is 6.10 Å². The molecule has 3 heteroatoms. The number of fused-ring (bicyclic) bond motifs is 1. The first-order chi connectivity index (χ1) is 9.35. The molecule has 0 aromatic heterocycles. The zero-order valence-corrected chi connectivity index (χ0v) is 12.5. The summed E-state index contributed by atoms with van der Waals surface area (Å²) in [5.41, 5.74) is 1.54. The SMILES string of the molecule is CCOC1CCN(CC2Cc3ccccc3S2)CC1. The summed E-state index contributed by atoms with van der Waals surface area (Å²) >= 11 is 2.07. The Balaban J connectivity index is 1.47. The fraction of sp³-hybridized carbons (Fsp3) is 0.625. The molecule has 1 unspecified atom stereocenters. The molecular weight excluding hydrogens is 254 g/mol. The van der Waals surface area contributed by atoms with Gasteiger partial charge in [-0.3, -0.25) is 0 Å². The number of likely N-dealkylation sites (tertiary alicyclic amines) is 1. The van der Waals surface area contributed by atoms with Crippen LogP contribution < -0.4 is 0 Å². The van der Waals surface area contributed by atoms with Gasteiger partial charge in [0.1, 0.15) is 0 Å². The van der Waals surface area contributed by atoms with Crippen LogP contribution in [0.5, 0.6) is 0 Å². The van der Waals surface area contributed by atoms with Gasteiger partial charge in [-0.05, 0) is 37.8 Å². The molecule has 1 aromatic rings. The Morgan fingerprint density at radius 2 is 2.05 bits per heavy atom. The molecule has 1 fully saturated rings. The second kappa shape index (κ2) is 6.29. The van der Waals surface area contributed by atoms with Crippen molar-refractivity contribution in [3.05, 3.63) is 29.8 Å². The van der Waals surface area contributed by atoms with E-state index in [0.717, 1.165) is 11.9 Å². The quantitative estimate of drug-likeness (QED) is 0.838. The molecule has 0 N–H and O–H groups in total. The summed E-state index contributed by atoms with van der Waals surface area (Å²) in [7, 11) is 0. The van der Waals surface area contributed by atoms with E-state index in [2.05, 4.69) is 47.9 Å². The molecule has 104 valence electrons. The summed E-state index contributed by atoms with van der Waals surface area (Å²) in [6.45, 7) is 6.60. The van der Waals surface area contributed by atoms with Gasteiger partial charge in [0.2, 0.25) is 0 Å². The van der Waals surface area contributed by atoms with Gasteiger partial charge in [-0.25, -0.2) is 0 Å². The number of hydrogen-bond acceptors (Lipinski definition) is 3. The van der Waals surface area contributed by atoms with Crippen molar-refractivity contribution in [3.8, 4) is 0 Å². The van der Waals surface area contributed by atoms with Gasteiger partial charge in [0.25, 0.3) is 0 Å². The number of thioether (sulfide) groups is 1. The van der Waals surface area contributed by atoms with E-state index in [1.165, 1.54) is 43.8 Å². The fourth-order valence-electron chi connectivity index (χ4n) is 3.14. The molecule has 3 rings (SSSR count). The van der Waals surface area contributed by atoms with E-state index in [-0.39, 0.29) is 0 Å². The average Bonchev–Trinajstić information content (AvgIpc) is 2.83. The normalized spacial score (nSPS) is 24.6. The summed E-state index contributed by atoms with van der Waals surface area (Å²) in [5.74, 6) is 0.